The number of likely N-dealkylation sites (tertiary alicyclic amines) is 1. The van der Waals surface area contributed by atoms with Gasteiger partial charge in [0.1, 0.15) is 6.10 Å². The molecule has 0 amide bonds. The summed E-state index contributed by atoms with van der Waals surface area (Å²) in [6, 6.07) is 6.18. The average molecular weight is 290 g/mol. The van der Waals surface area contributed by atoms with E-state index in [-0.39, 0.29) is 11.6 Å². The summed E-state index contributed by atoms with van der Waals surface area (Å²) in [5.74, 6) is 1.64. The first-order valence-corrected chi connectivity index (χ1v) is 7.93. The van der Waals surface area contributed by atoms with Crippen LogP contribution in [0.2, 0.25) is 0 Å². The topological polar surface area (TPSA) is 47.7 Å². The maximum absolute atomic E-state index is 6.40. The van der Waals surface area contributed by atoms with Crippen LogP contribution in [0.3, 0.4) is 0 Å². The van der Waals surface area contributed by atoms with E-state index in [9.17, 15) is 0 Å². The molecule has 21 heavy (non-hydrogen) atoms. The van der Waals surface area contributed by atoms with Crippen LogP contribution in [-0.2, 0) is 5.54 Å². The summed E-state index contributed by atoms with van der Waals surface area (Å²) in [4.78, 5) is 2.32. The Hall–Kier alpha value is -1.26. The van der Waals surface area contributed by atoms with Gasteiger partial charge in [0.25, 0.3) is 0 Å². The highest BCUT2D eigenvalue weighted by Crippen LogP contribution is 2.42. The number of piperidine rings is 1. The third-order valence-corrected chi connectivity index (χ3v) is 4.86. The first kappa shape index (κ1) is 14.7. The van der Waals surface area contributed by atoms with Crippen molar-refractivity contribution >= 4 is 0 Å². The van der Waals surface area contributed by atoms with Crippen LogP contribution in [0.25, 0.3) is 0 Å². The van der Waals surface area contributed by atoms with Gasteiger partial charge in [-0.15, -0.1) is 0 Å². The predicted octanol–water partition coefficient (Wildman–Crippen LogP) is 2.51. The van der Waals surface area contributed by atoms with E-state index in [0.717, 1.165) is 43.9 Å². The molecule has 4 heteroatoms. The summed E-state index contributed by atoms with van der Waals surface area (Å²) in [5, 5.41) is 0. The van der Waals surface area contributed by atoms with Crippen molar-refractivity contribution in [3.63, 3.8) is 0 Å². The molecular formula is C17H26N2O2. The van der Waals surface area contributed by atoms with Gasteiger partial charge in [0.15, 0.2) is 11.5 Å². The van der Waals surface area contributed by atoms with E-state index in [0.29, 0.717) is 0 Å². The second-order valence-corrected chi connectivity index (χ2v) is 6.52. The van der Waals surface area contributed by atoms with Crippen molar-refractivity contribution in [3.05, 3.63) is 23.8 Å². The van der Waals surface area contributed by atoms with Crippen LogP contribution in [0.15, 0.2) is 18.2 Å². The van der Waals surface area contributed by atoms with E-state index >= 15 is 0 Å². The predicted molar refractivity (Wildman–Crippen MR) is 83.9 cm³/mol. The Bertz CT molecular complexity index is 500. The SMILES string of the molecule is COc1cc(C2(N)CCC2)ccc1OC1CCCN(C)C1. The molecule has 4 nitrogen and oxygen atoms in total. The molecule has 0 spiro atoms. The van der Waals surface area contributed by atoms with Gasteiger partial charge < -0.3 is 20.1 Å². The van der Waals surface area contributed by atoms with Crippen molar-refractivity contribution in [2.24, 2.45) is 5.73 Å². The number of likely N-dealkylation sites (N-methyl/N-ethyl adjacent to an activating group) is 1. The van der Waals surface area contributed by atoms with Gasteiger partial charge >= 0.3 is 0 Å². The second-order valence-electron chi connectivity index (χ2n) is 6.52. The molecule has 1 unspecified atom stereocenters. The van der Waals surface area contributed by atoms with E-state index in [4.69, 9.17) is 15.2 Å². The summed E-state index contributed by atoms with van der Waals surface area (Å²) >= 11 is 0. The first-order valence-electron chi connectivity index (χ1n) is 7.93. The largest absolute Gasteiger partial charge is 0.493 e. The van der Waals surface area contributed by atoms with Gasteiger partial charge in [-0.1, -0.05) is 6.07 Å². The molecule has 1 aromatic carbocycles. The molecule has 2 N–H and O–H groups in total. The Labute approximate surface area is 127 Å². The molecule has 1 atom stereocenters. The van der Waals surface area contributed by atoms with E-state index in [1.807, 2.05) is 6.07 Å². The lowest BCUT2D eigenvalue weighted by molar-refractivity contribution is 0.101. The van der Waals surface area contributed by atoms with Gasteiger partial charge in [0.2, 0.25) is 0 Å². The van der Waals surface area contributed by atoms with Crippen LogP contribution >= 0.6 is 0 Å². The maximum atomic E-state index is 6.40. The molecular weight excluding hydrogens is 264 g/mol. The summed E-state index contributed by atoms with van der Waals surface area (Å²) in [6.07, 6.45) is 5.88. The lowest BCUT2D eigenvalue weighted by Crippen LogP contribution is -2.43. The summed E-state index contributed by atoms with van der Waals surface area (Å²) in [7, 11) is 3.84. The highest BCUT2D eigenvalue weighted by molar-refractivity contribution is 5.45. The molecule has 1 heterocycles. The number of benzene rings is 1. The minimum absolute atomic E-state index is 0.156. The first-order chi connectivity index (χ1) is 10.1. The van der Waals surface area contributed by atoms with Crippen molar-refractivity contribution in [1.29, 1.82) is 0 Å². The van der Waals surface area contributed by atoms with Crippen LogP contribution < -0.4 is 15.2 Å². The summed E-state index contributed by atoms with van der Waals surface area (Å²) in [6.45, 7) is 2.14. The standard InChI is InChI=1S/C17H26N2O2/c1-19-10-3-5-14(12-19)21-15-7-6-13(11-16(15)20-2)17(18)8-4-9-17/h6-7,11,14H,3-5,8-10,12,18H2,1-2H3. The third-order valence-electron chi connectivity index (χ3n) is 4.86. The zero-order valence-corrected chi connectivity index (χ0v) is 13.1. The van der Waals surface area contributed by atoms with Crippen LogP contribution in [-0.4, -0.2) is 38.3 Å². The molecule has 3 rings (SSSR count). The smallest absolute Gasteiger partial charge is 0.161 e. The van der Waals surface area contributed by atoms with Gasteiger partial charge in [-0.2, -0.15) is 0 Å². The highest BCUT2D eigenvalue weighted by Gasteiger charge is 2.35. The summed E-state index contributed by atoms with van der Waals surface area (Å²) < 4.78 is 11.7. The van der Waals surface area contributed by atoms with Crippen molar-refractivity contribution in [2.45, 2.75) is 43.7 Å². The molecule has 1 aliphatic carbocycles. The van der Waals surface area contributed by atoms with Crippen LogP contribution in [0.1, 0.15) is 37.7 Å². The molecule has 1 aromatic rings. The quantitative estimate of drug-likeness (QED) is 0.925. The summed E-state index contributed by atoms with van der Waals surface area (Å²) in [5.41, 5.74) is 7.41. The lowest BCUT2D eigenvalue weighted by atomic mass is 9.73. The van der Waals surface area contributed by atoms with Gasteiger partial charge in [0.05, 0.1) is 7.11 Å². The van der Waals surface area contributed by atoms with E-state index in [1.54, 1.807) is 7.11 Å². The van der Waals surface area contributed by atoms with Crippen LogP contribution in [0.5, 0.6) is 11.5 Å². The Kier molecular flexibility index (Phi) is 4.09. The Morgan fingerprint density at radius 2 is 2.05 bits per heavy atom. The minimum atomic E-state index is -0.156. The molecule has 1 aliphatic heterocycles. The van der Waals surface area contributed by atoms with E-state index in [1.165, 1.54) is 18.4 Å². The molecule has 0 aromatic heterocycles. The molecule has 116 valence electrons. The molecule has 0 bridgehead atoms. The lowest BCUT2D eigenvalue weighted by Gasteiger charge is -2.39. The van der Waals surface area contributed by atoms with Gasteiger partial charge in [-0.25, -0.2) is 0 Å². The van der Waals surface area contributed by atoms with Crippen molar-refractivity contribution < 1.29 is 9.47 Å². The van der Waals surface area contributed by atoms with Crippen LogP contribution in [0, 0.1) is 0 Å². The zero-order chi connectivity index (χ0) is 14.9. The van der Waals surface area contributed by atoms with Gasteiger partial charge in [0, 0.05) is 12.1 Å². The normalized spacial score (nSPS) is 25.2. The zero-order valence-electron chi connectivity index (χ0n) is 13.1. The molecule has 2 fully saturated rings. The van der Waals surface area contributed by atoms with Crippen molar-refractivity contribution in [2.75, 3.05) is 27.2 Å². The maximum Gasteiger partial charge on any atom is 0.161 e. The Balaban J connectivity index is 1.75. The molecule has 2 aliphatic rings. The fraction of sp³-hybridized carbons (Fsp3) is 0.647. The molecule has 1 saturated carbocycles. The molecule has 1 saturated heterocycles. The molecule has 0 radical (unpaired) electrons. The number of ether oxygens (including phenoxy) is 2. The second kappa shape index (κ2) is 5.85. The number of methoxy groups -OCH3 is 1. The monoisotopic (exact) mass is 290 g/mol. The minimum Gasteiger partial charge on any atom is -0.493 e. The van der Waals surface area contributed by atoms with Crippen molar-refractivity contribution in [1.82, 2.24) is 4.90 Å². The number of hydrogen-bond acceptors (Lipinski definition) is 4. The number of nitrogens with two attached hydrogens (primary N) is 1. The van der Waals surface area contributed by atoms with Gasteiger partial charge in [-0.05, 0) is 63.4 Å². The highest BCUT2D eigenvalue weighted by atomic mass is 16.5. The number of nitrogens with zero attached hydrogens (tertiary/aromatic N) is 1. The Morgan fingerprint density at radius 3 is 2.67 bits per heavy atom. The number of hydrogen-bond donors (Lipinski definition) is 1. The number of rotatable bonds is 4. The fourth-order valence-electron chi connectivity index (χ4n) is 3.32. The van der Waals surface area contributed by atoms with Gasteiger partial charge in [-0.3, -0.25) is 0 Å². The van der Waals surface area contributed by atoms with E-state index < -0.39 is 0 Å². The fourth-order valence-corrected chi connectivity index (χ4v) is 3.32. The average Bonchev–Trinajstić information content (AvgIpc) is 2.45. The van der Waals surface area contributed by atoms with Crippen LogP contribution in [0.4, 0.5) is 0 Å². The Morgan fingerprint density at radius 1 is 1.24 bits per heavy atom. The van der Waals surface area contributed by atoms with Crippen molar-refractivity contribution in [3.8, 4) is 11.5 Å². The third kappa shape index (κ3) is 3.01. The van der Waals surface area contributed by atoms with E-state index in [2.05, 4.69) is 24.1 Å².